The molecule has 1 saturated heterocycles. The van der Waals surface area contributed by atoms with Crippen molar-refractivity contribution < 1.29 is 23.9 Å². The van der Waals surface area contributed by atoms with Crippen LogP contribution in [0.25, 0.3) is 11.1 Å². The highest BCUT2D eigenvalue weighted by molar-refractivity contribution is 7.10. The lowest BCUT2D eigenvalue weighted by molar-refractivity contribution is -0.134. The van der Waals surface area contributed by atoms with Crippen LogP contribution in [0.2, 0.25) is 0 Å². The largest absolute Gasteiger partial charge is 0.490 e. The second-order valence-electron chi connectivity index (χ2n) is 11.2. The van der Waals surface area contributed by atoms with Gasteiger partial charge in [0.05, 0.1) is 30.6 Å². The number of carbonyl (C=O) groups excluding carboxylic acids is 3. The number of ether oxygens (including phenoxy) is 2. The molecule has 0 aliphatic carbocycles. The van der Waals surface area contributed by atoms with E-state index in [1.807, 2.05) is 47.8 Å². The highest BCUT2D eigenvalue weighted by atomic mass is 32.1. The van der Waals surface area contributed by atoms with Crippen molar-refractivity contribution in [3.63, 3.8) is 0 Å². The van der Waals surface area contributed by atoms with Crippen molar-refractivity contribution in [1.29, 1.82) is 0 Å². The van der Waals surface area contributed by atoms with Crippen LogP contribution in [0.3, 0.4) is 0 Å². The van der Waals surface area contributed by atoms with Gasteiger partial charge in [0, 0.05) is 24.2 Å². The number of fused-ring (bicyclic) bond motifs is 2. The molecule has 0 unspecified atom stereocenters. The van der Waals surface area contributed by atoms with Gasteiger partial charge < -0.3 is 25.0 Å². The van der Waals surface area contributed by atoms with Crippen molar-refractivity contribution in [1.82, 2.24) is 10.2 Å². The summed E-state index contributed by atoms with van der Waals surface area (Å²) in [6.07, 6.45) is 1.25. The maximum absolute atomic E-state index is 13.5. The standard InChI is InChI=1S/C35H35N3O5S/c1-38-30-15-14-27(19-33(39)36-21-23-9-11-25(12-10-23)24-6-3-2-4-7-24)43-32(30)22-42-31-16-13-26(18-29(31)35(38)41)37-34(40)20-28-8-5-17-44-28/h2-13,16-18,27,30,32H,14-15,19-22H2,1H3,(H,36,39)(H,37,40)/t27-,30-,32+/m0/s1. The van der Waals surface area contributed by atoms with Gasteiger partial charge in [-0.1, -0.05) is 60.7 Å². The molecule has 2 aliphatic heterocycles. The molecule has 3 aromatic carbocycles. The minimum Gasteiger partial charge on any atom is -0.490 e. The number of nitrogens with one attached hydrogen (secondary N) is 2. The summed E-state index contributed by atoms with van der Waals surface area (Å²) in [5.41, 5.74) is 4.27. The maximum atomic E-state index is 13.5. The molecule has 1 fully saturated rings. The van der Waals surface area contributed by atoms with E-state index < -0.39 is 0 Å². The molecule has 2 N–H and O–H groups in total. The summed E-state index contributed by atoms with van der Waals surface area (Å²) < 4.78 is 12.4. The summed E-state index contributed by atoms with van der Waals surface area (Å²) in [7, 11) is 1.77. The molecule has 4 aromatic rings. The van der Waals surface area contributed by atoms with Crippen LogP contribution < -0.4 is 15.4 Å². The van der Waals surface area contributed by atoms with Crippen molar-refractivity contribution in [3.8, 4) is 16.9 Å². The van der Waals surface area contributed by atoms with Crippen LogP contribution in [-0.2, 0) is 27.3 Å². The van der Waals surface area contributed by atoms with Crippen LogP contribution >= 0.6 is 11.3 Å². The number of benzene rings is 3. The summed E-state index contributed by atoms with van der Waals surface area (Å²) >= 11 is 1.53. The number of anilines is 1. The Morgan fingerprint density at radius 1 is 0.932 bits per heavy atom. The molecule has 0 bridgehead atoms. The Labute approximate surface area is 261 Å². The Bertz CT molecular complexity index is 1610. The Morgan fingerprint density at radius 2 is 1.73 bits per heavy atom. The zero-order valence-corrected chi connectivity index (χ0v) is 25.3. The first-order chi connectivity index (χ1) is 21.4. The summed E-state index contributed by atoms with van der Waals surface area (Å²) in [4.78, 5) is 41.5. The lowest BCUT2D eigenvalue weighted by atomic mass is 9.94. The number of hydrogen-bond donors (Lipinski definition) is 2. The number of rotatable bonds is 8. The molecule has 3 atom stereocenters. The third-order valence-electron chi connectivity index (χ3n) is 8.17. The van der Waals surface area contributed by atoms with E-state index >= 15 is 0 Å². The van der Waals surface area contributed by atoms with Gasteiger partial charge in [0.1, 0.15) is 18.5 Å². The van der Waals surface area contributed by atoms with E-state index in [1.165, 1.54) is 11.3 Å². The van der Waals surface area contributed by atoms with Crippen LogP contribution in [0.4, 0.5) is 5.69 Å². The second kappa shape index (κ2) is 13.4. The van der Waals surface area contributed by atoms with Crippen LogP contribution in [0.5, 0.6) is 5.75 Å². The van der Waals surface area contributed by atoms with Gasteiger partial charge in [-0.15, -0.1) is 11.3 Å². The molecule has 226 valence electrons. The fraction of sp³-hybridized carbons (Fsp3) is 0.286. The van der Waals surface area contributed by atoms with Gasteiger partial charge in [-0.3, -0.25) is 14.4 Å². The summed E-state index contributed by atoms with van der Waals surface area (Å²) in [6, 6.07) is 27.1. The van der Waals surface area contributed by atoms with Crippen LogP contribution in [-0.4, -0.2) is 54.5 Å². The molecule has 44 heavy (non-hydrogen) atoms. The highest BCUT2D eigenvalue weighted by Gasteiger charge is 2.39. The predicted molar refractivity (Wildman–Crippen MR) is 171 cm³/mol. The van der Waals surface area contributed by atoms with Crippen molar-refractivity contribution in [2.24, 2.45) is 0 Å². The number of carbonyl (C=O) groups is 3. The number of nitrogens with zero attached hydrogens (tertiary/aromatic N) is 1. The van der Waals surface area contributed by atoms with Gasteiger partial charge >= 0.3 is 0 Å². The monoisotopic (exact) mass is 609 g/mol. The van der Waals surface area contributed by atoms with E-state index in [4.69, 9.17) is 9.47 Å². The van der Waals surface area contributed by atoms with E-state index in [-0.39, 0.29) is 55.4 Å². The minimum absolute atomic E-state index is 0.0734. The Kier molecular flexibility index (Phi) is 9.04. The molecule has 3 amide bonds. The minimum atomic E-state index is -0.362. The van der Waals surface area contributed by atoms with Crippen LogP contribution in [0.15, 0.2) is 90.3 Å². The van der Waals surface area contributed by atoms with Gasteiger partial charge in [-0.2, -0.15) is 0 Å². The molecule has 8 nitrogen and oxygen atoms in total. The zero-order chi connectivity index (χ0) is 30.5. The first-order valence-corrected chi connectivity index (χ1v) is 15.7. The number of likely N-dealkylation sites (N-methyl/N-ethyl adjacent to an activating group) is 1. The van der Waals surface area contributed by atoms with E-state index in [2.05, 4.69) is 34.9 Å². The molecule has 0 spiro atoms. The predicted octanol–water partition coefficient (Wildman–Crippen LogP) is 5.68. The Morgan fingerprint density at radius 3 is 2.50 bits per heavy atom. The third kappa shape index (κ3) is 7.01. The summed E-state index contributed by atoms with van der Waals surface area (Å²) in [5.74, 6) is 0.0352. The van der Waals surface area contributed by atoms with Gasteiger partial charge in [0.2, 0.25) is 11.8 Å². The van der Waals surface area contributed by atoms with Crippen LogP contribution in [0, 0.1) is 0 Å². The summed E-state index contributed by atoms with van der Waals surface area (Å²) in [6.45, 7) is 0.700. The molecule has 6 rings (SSSR count). The first-order valence-electron chi connectivity index (χ1n) is 14.9. The van der Waals surface area contributed by atoms with Gasteiger partial charge in [-0.25, -0.2) is 0 Å². The molecule has 9 heteroatoms. The highest BCUT2D eigenvalue weighted by Crippen LogP contribution is 2.32. The smallest absolute Gasteiger partial charge is 0.257 e. The van der Waals surface area contributed by atoms with Gasteiger partial charge in [0.25, 0.3) is 5.91 Å². The molecule has 2 aliphatic rings. The molecule has 0 saturated carbocycles. The summed E-state index contributed by atoms with van der Waals surface area (Å²) in [5, 5.41) is 7.84. The van der Waals surface area contributed by atoms with E-state index in [9.17, 15) is 14.4 Å². The number of hydrogen-bond acceptors (Lipinski definition) is 6. The quantitative estimate of drug-likeness (QED) is 0.268. The first kappa shape index (κ1) is 29.6. The Balaban J connectivity index is 1.03. The fourth-order valence-electron chi connectivity index (χ4n) is 5.81. The van der Waals surface area contributed by atoms with E-state index in [0.29, 0.717) is 36.4 Å². The average Bonchev–Trinajstić information content (AvgIpc) is 3.55. The van der Waals surface area contributed by atoms with Gasteiger partial charge in [0.15, 0.2) is 0 Å². The maximum Gasteiger partial charge on any atom is 0.257 e. The van der Waals surface area contributed by atoms with Crippen molar-refractivity contribution in [2.45, 2.75) is 50.5 Å². The third-order valence-corrected chi connectivity index (χ3v) is 9.05. The van der Waals surface area contributed by atoms with Crippen molar-refractivity contribution in [3.05, 3.63) is 106 Å². The topological polar surface area (TPSA) is 97.0 Å². The molecule has 1 aromatic heterocycles. The molecular formula is C35H35N3O5S. The lowest BCUT2D eigenvalue weighted by Crippen LogP contribution is -2.53. The Hall–Kier alpha value is -4.47. The van der Waals surface area contributed by atoms with E-state index in [1.54, 1.807) is 30.1 Å². The van der Waals surface area contributed by atoms with Crippen molar-refractivity contribution >= 4 is 34.7 Å². The lowest BCUT2D eigenvalue weighted by Gasteiger charge is -2.42. The number of amides is 3. The normalized spacial score (nSPS) is 19.5. The van der Waals surface area contributed by atoms with Crippen molar-refractivity contribution in [2.75, 3.05) is 19.0 Å². The van der Waals surface area contributed by atoms with Crippen LogP contribution in [0.1, 0.15) is 40.1 Å². The fourth-order valence-corrected chi connectivity index (χ4v) is 6.51. The van der Waals surface area contributed by atoms with Gasteiger partial charge in [-0.05, 0) is 59.2 Å². The SMILES string of the molecule is CN1C(=O)c2cc(NC(=O)Cc3cccs3)ccc2OC[C@H]2O[C@H](CC(=O)NCc3ccc(-c4ccccc4)cc3)CC[C@@H]21. The zero-order valence-electron chi connectivity index (χ0n) is 24.5. The number of thiophene rings is 1. The molecule has 0 radical (unpaired) electrons. The molecular weight excluding hydrogens is 574 g/mol. The second-order valence-corrected chi connectivity index (χ2v) is 12.3. The van der Waals surface area contributed by atoms with E-state index in [0.717, 1.165) is 21.6 Å². The molecule has 3 heterocycles. The average molecular weight is 610 g/mol.